The van der Waals surface area contributed by atoms with E-state index in [4.69, 9.17) is 0 Å². The molecule has 0 atom stereocenters. The molecule has 1 nitrogen and oxygen atoms in total. The topological polar surface area (TPSA) is 17.1 Å². The Balaban J connectivity index is 2.14. The maximum Gasteiger partial charge on any atom is 0.171 e. The van der Waals surface area contributed by atoms with Gasteiger partial charge in [0.25, 0.3) is 0 Å². The molecule has 0 spiro atoms. The lowest BCUT2D eigenvalue weighted by atomic mass is 10.2. The van der Waals surface area contributed by atoms with E-state index in [1.807, 2.05) is 72.8 Å². The Morgan fingerprint density at radius 1 is 0.786 bits per heavy atom. The van der Waals surface area contributed by atoms with Gasteiger partial charge in [-0.15, -0.1) is 0 Å². The van der Waals surface area contributed by atoms with Gasteiger partial charge in [-0.3, -0.25) is 0 Å². The lowest BCUT2D eigenvalue weighted by Gasteiger charge is -2.24. The predicted octanol–water partition coefficient (Wildman–Crippen LogP) is 6.91. The van der Waals surface area contributed by atoms with E-state index in [2.05, 4.69) is 39.5 Å². The van der Waals surface area contributed by atoms with Crippen molar-refractivity contribution in [1.82, 2.24) is 0 Å². The molecule has 0 aliphatic rings. The van der Waals surface area contributed by atoms with Crippen LogP contribution < -0.4 is 10.6 Å². The number of hydrogen-bond acceptors (Lipinski definition) is 2. The number of allylic oxidation sites excluding steroid dienone is 2. The lowest BCUT2D eigenvalue weighted by molar-refractivity contribution is 0.591. The SMILES string of the molecule is C=C(C(Sc1ccccc1C)=C(C)C)P(=O)(c1ccccc1)c1ccccc1. The van der Waals surface area contributed by atoms with Crippen LogP contribution in [0.3, 0.4) is 0 Å². The Morgan fingerprint density at radius 2 is 1.25 bits per heavy atom. The molecular weight excluding hydrogens is 379 g/mol. The van der Waals surface area contributed by atoms with E-state index in [1.54, 1.807) is 11.8 Å². The third-order valence-electron chi connectivity index (χ3n) is 4.64. The molecule has 3 rings (SSSR count). The molecule has 0 radical (unpaired) electrons. The average Bonchev–Trinajstić information content (AvgIpc) is 2.73. The minimum absolute atomic E-state index is 0.693. The molecule has 0 aliphatic carbocycles. The Labute approximate surface area is 172 Å². The van der Waals surface area contributed by atoms with Gasteiger partial charge >= 0.3 is 0 Å². The van der Waals surface area contributed by atoms with Gasteiger partial charge in [0.2, 0.25) is 0 Å². The molecule has 3 heteroatoms. The van der Waals surface area contributed by atoms with Crippen molar-refractivity contribution >= 4 is 29.5 Å². The van der Waals surface area contributed by atoms with Crippen LogP contribution in [0.2, 0.25) is 0 Å². The predicted molar refractivity (Wildman–Crippen MR) is 124 cm³/mol. The quantitative estimate of drug-likeness (QED) is 0.252. The molecule has 3 aromatic rings. The summed E-state index contributed by atoms with van der Waals surface area (Å²) < 4.78 is 14.6. The zero-order valence-corrected chi connectivity index (χ0v) is 18.3. The molecule has 0 N–H and O–H groups in total. The fraction of sp³-hybridized carbons (Fsp3) is 0.120. The monoisotopic (exact) mass is 404 g/mol. The number of hydrogen-bond donors (Lipinski definition) is 0. The maximum absolute atomic E-state index is 14.6. The molecule has 0 unspecified atom stereocenters. The van der Waals surface area contributed by atoms with Crippen molar-refractivity contribution in [2.75, 3.05) is 0 Å². The van der Waals surface area contributed by atoms with Gasteiger partial charge in [-0.2, -0.15) is 0 Å². The number of aryl methyl sites for hydroxylation is 1. The molecular formula is C25H25OPS. The summed E-state index contributed by atoms with van der Waals surface area (Å²) in [5.41, 5.74) is 2.32. The van der Waals surface area contributed by atoms with Crippen LogP contribution in [0.1, 0.15) is 19.4 Å². The van der Waals surface area contributed by atoms with Gasteiger partial charge < -0.3 is 4.57 Å². The second-order valence-electron chi connectivity index (χ2n) is 6.92. The summed E-state index contributed by atoms with van der Waals surface area (Å²) in [4.78, 5) is 2.15. The van der Waals surface area contributed by atoms with Crippen LogP contribution in [-0.4, -0.2) is 0 Å². The van der Waals surface area contributed by atoms with Crippen LogP contribution in [-0.2, 0) is 4.57 Å². The highest BCUT2D eigenvalue weighted by Crippen LogP contribution is 2.57. The molecule has 0 heterocycles. The molecule has 0 fully saturated rings. The fourth-order valence-corrected chi connectivity index (χ4v) is 7.17. The normalized spacial score (nSPS) is 11.1. The average molecular weight is 405 g/mol. The maximum atomic E-state index is 14.6. The number of benzene rings is 3. The summed E-state index contributed by atoms with van der Waals surface area (Å²) >= 11 is 1.66. The van der Waals surface area contributed by atoms with Gasteiger partial charge in [0.05, 0.1) is 0 Å². The van der Waals surface area contributed by atoms with E-state index in [0.717, 1.165) is 26.0 Å². The van der Waals surface area contributed by atoms with Gasteiger partial charge in [-0.05, 0) is 32.4 Å². The summed E-state index contributed by atoms with van der Waals surface area (Å²) in [5, 5.41) is 2.32. The van der Waals surface area contributed by atoms with E-state index in [9.17, 15) is 4.57 Å². The van der Waals surface area contributed by atoms with Gasteiger partial charge in [0.1, 0.15) is 0 Å². The molecule has 0 saturated carbocycles. The Kier molecular flexibility index (Phi) is 6.44. The summed E-state index contributed by atoms with van der Waals surface area (Å²) in [6, 6.07) is 27.7. The highest BCUT2D eigenvalue weighted by molar-refractivity contribution is 8.04. The Morgan fingerprint density at radius 3 is 1.71 bits per heavy atom. The van der Waals surface area contributed by atoms with Crippen molar-refractivity contribution in [3.8, 4) is 0 Å². The van der Waals surface area contributed by atoms with Gasteiger partial charge in [-0.25, -0.2) is 0 Å². The third kappa shape index (κ3) is 4.09. The van der Waals surface area contributed by atoms with Gasteiger partial charge in [0, 0.05) is 25.7 Å². The molecule has 0 saturated heterocycles. The van der Waals surface area contributed by atoms with Crippen LogP contribution in [0, 0.1) is 6.92 Å². The van der Waals surface area contributed by atoms with Crippen LogP contribution in [0.15, 0.2) is 112 Å². The van der Waals surface area contributed by atoms with E-state index < -0.39 is 7.14 Å². The summed E-state index contributed by atoms with van der Waals surface area (Å²) in [6.07, 6.45) is 0. The molecule has 0 aromatic heterocycles. The summed E-state index contributed by atoms with van der Waals surface area (Å²) in [7, 11) is -3.05. The van der Waals surface area contributed by atoms with Crippen LogP contribution >= 0.6 is 18.9 Å². The number of rotatable bonds is 6. The first kappa shape index (κ1) is 20.5. The Hall–Kier alpha value is -2.28. The molecule has 142 valence electrons. The molecule has 0 bridgehead atoms. The standard InChI is InChI=1S/C25H25OPS/c1-19(2)25(28-24-18-12-11-13-20(24)3)21(4)27(26,22-14-7-5-8-15-22)23-16-9-6-10-17-23/h5-18H,4H2,1-3H3. The van der Waals surface area contributed by atoms with Crippen molar-refractivity contribution in [1.29, 1.82) is 0 Å². The van der Waals surface area contributed by atoms with Gasteiger partial charge in [0.15, 0.2) is 7.14 Å². The van der Waals surface area contributed by atoms with Crippen LogP contribution in [0.5, 0.6) is 0 Å². The molecule has 3 aromatic carbocycles. The second-order valence-corrected chi connectivity index (χ2v) is 10.8. The third-order valence-corrected chi connectivity index (χ3v) is 9.36. The smallest absolute Gasteiger partial charge is 0.171 e. The molecule has 0 aliphatic heterocycles. The second kappa shape index (κ2) is 8.82. The highest BCUT2D eigenvalue weighted by Gasteiger charge is 2.33. The van der Waals surface area contributed by atoms with Crippen molar-refractivity contribution in [3.63, 3.8) is 0 Å². The van der Waals surface area contributed by atoms with E-state index in [-0.39, 0.29) is 0 Å². The van der Waals surface area contributed by atoms with Crippen molar-refractivity contribution < 1.29 is 4.57 Å². The van der Waals surface area contributed by atoms with Crippen LogP contribution in [0.25, 0.3) is 0 Å². The summed E-state index contributed by atoms with van der Waals surface area (Å²) in [5.74, 6) is 0. The van der Waals surface area contributed by atoms with E-state index in [0.29, 0.717) is 5.31 Å². The first-order valence-electron chi connectivity index (χ1n) is 9.26. The van der Waals surface area contributed by atoms with Crippen LogP contribution in [0.4, 0.5) is 0 Å². The van der Waals surface area contributed by atoms with Crippen molar-refractivity contribution in [3.05, 3.63) is 113 Å². The summed E-state index contributed by atoms with van der Waals surface area (Å²) in [6.45, 7) is 10.6. The molecule has 0 amide bonds. The molecule has 28 heavy (non-hydrogen) atoms. The Bertz CT molecular complexity index is 1000. The van der Waals surface area contributed by atoms with E-state index >= 15 is 0 Å². The first-order chi connectivity index (χ1) is 13.4. The lowest BCUT2D eigenvalue weighted by Crippen LogP contribution is -2.17. The van der Waals surface area contributed by atoms with Crippen molar-refractivity contribution in [2.45, 2.75) is 25.7 Å². The number of thioether (sulfide) groups is 1. The first-order valence-corrected chi connectivity index (χ1v) is 11.8. The minimum Gasteiger partial charge on any atom is -0.309 e. The van der Waals surface area contributed by atoms with Crippen molar-refractivity contribution in [2.24, 2.45) is 0 Å². The largest absolute Gasteiger partial charge is 0.309 e. The zero-order valence-electron chi connectivity index (χ0n) is 16.6. The highest BCUT2D eigenvalue weighted by atomic mass is 32.2. The zero-order chi connectivity index (χ0) is 20.1. The van der Waals surface area contributed by atoms with Gasteiger partial charge in [-0.1, -0.05) is 103 Å². The fourth-order valence-electron chi connectivity index (χ4n) is 3.11. The minimum atomic E-state index is -3.05. The van der Waals surface area contributed by atoms with E-state index in [1.165, 1.54) is 5.56 Å².